The van der Waals surface area contributed by atoms with Gasteiger partial charge in [0.1, 0.15) is 0 Å². The van der Waals surface area contributed by atoms with Crippen LogP contribution < -0.4 is 30.3 Å². The monoisotopic (exact) mass is 1140 g/mol. The van der Waals surface area contributed by atoms with Crippen molar-refractivity contribution in [3.05, 3.63) is 272 Å². The zero-order valence-corrected chi connectivity index (χ0v) is 47.0. The largest absolute Gasteiger partial charge is 0.451 e. The van der Waals surface area contributed by atoms with Gasteiger partial charge in [0.05, 0.1) is 33.5 Å². The van der Waals surface area contributed by atoms with Crippen molar-refractivity contribution in [2.75, 3.05) is 20.9 Å². The van der Waals surface area contributed by atoms with Crippen molar-refractivity contribution in [3.8, 4) is 90.8 Å². The van der Waals surface area contributed by atoms with Crippen LogP contribution in [0.4, 0.5) is 51.7 Å². The molecule has 5 heterocycles. The number of anilines is 9. The van der Waals surface area contributed by atoms with Crippen LogP contribution in [0.1, 0.15) is 0 Å². The number of ether oxygens (including phenoxy) is 2. The van der Waals surface area contributed by atoms with E-state index in [4.69, 9.17) is 56.7 Å². The molecule has 3 N–H and O–H groups in total. The average Bonchev–Trinajstić information content (AvgIpc) is 1.87. The molecule has 14 aromatic rings. The first-order valence-corrected chi connectivity index (χ1v) is 28.8. The minimum absolute atomic E-state index is 0.446. The molecule has 0 fully saturated rings. The van der Waals surface area contributed by atoms with Crippen molar-refractivity contribution in [1.29, 1.82) is 0 Å². The number of nitrogens with one attached hydrogen (secondary N) is 1. The van der Waals surface area contributed by atoms with Gasteiger partial charge >= 0.3 is 0 Å². The van der Waals surface area contributed by atoms with Gasteiger partial charge in [0.15, 0.2) is 46.3 Å². The molecule has 2 bridgehead atoms. The maximum atomic E-state index is 6.87. The Morgan fingerprint density at radius 1 is 0.310 bits per heavy atom. The van der Waals surface area contributed by atoms with Crippen molar-refractivity contribution < 1.29 is 9.47 Å². The lowest BCUT2D eigenvalue weighted by molar-refractivity contribution is 0.482. The maximum absolute atomic E-state index is 6.87. The van der Waals surface area contributed by atoms with Crippen LogP contribution >= 0.6 is 11.6 Å². The van der Waals surface area contributed by atoms with Gasteiger partial charge < -0.3 is 20.5 Å². The van der Waals surface area contributed by atoms with Crippen molar-refractivity contribution in [2.24, 2.45) is 0 Å². The van der Waals surface area contributed by atoms with Gasteiger partial charge in [-0.2, -0.15) is 19.9 Å². The van der Waals surface area contributed by atoms with Crippen LogP contribution in [-0.4, -0.2) is 29.9 Å². The summed E-state index contributed by atoms with van der Waals surface area (Å²) in [5.41, 5.74) is 20.0. The van der Waals surface area contributed by atoms with Crippen molar-refractivity contribution >= 4 is 84.9 Å². The summed E-state index contributed by atoms with van der Waals surface area (Å²) in [5, 5.41) is 8.21. The van der Waals surface area contributed by atoms with E-state index in [1.165, 1.54) is 0 Å². The van der Waals surface area contributed by atoms with Crippen LogP contribution in [0.3, 0.4) is 0 Å². The zero-order valence-electron chi connectivity index (χ0n) is 46.3. The summed E-state index contributed by atoms with van der Waals surface area (Å²) >= 11 is 6.82. The molecule has 412 valence electrons. The summed E-state index contributed by atoms with van der Waals surface area (Å²) in [6.45, 7) is 0. The Balaban J connectivity index is 0.000000141. The molecule has 0 aliphatic carbocycles. The van der Waals surface area contributed by atoms with Gasteiger partial charge in [0.25, 0.3) is 0 Å². The first-order valence-electron chi connectivity index (χ1n) is 28.4. The highest BCUT2D eigenvalue weighted by Gasteiger charge is 2.35. The third-order valence-corrected chi connectivity index (χ3v) is 16.1. The second kappa shape index (κ2) is 21.2. The van der Waals surface area contributed by atoms with Crippen molar-refractivity contribution in [3.63, 3.8) is 0 Å². The van der Waals surface area contributed by atoms with E-state index < -0.39 is 0 Å². The number of aromatic nitrogens is 6. The Bertz CT molecular complexity index is 4900. The van der Waals surface area contributed by atoms with Gasteiger partial charge in [-0.1, -0.05) is 230 Å². The summed E-state index contributed by atoms with van der Waals surface area (Å²) in [6, 6.07) is 88.9. The molecule has 0 amide bonds. The van der Waals surface area contributed by atoms with Gasteiger partial charge in [-0.3, -0.25) is 9.80 Å². The molecule has 0 saturated carbocycles. The lowest BCUT2D eigenvalue weighted by atomic mass is 9.95. The number of nitrogens with two attached hydrogens (primary N) is 1. The molecule has 2 aromatic heterocycles. The second-order valence-electron chi connectivity index (χ2n) is 21.0. The zero-order chi connectivity index (χ0) is 58.0. The molecule has 3 aliphatic rings. The Kier molecular flexibility index (Phi) is 12.4. The number of nitrogens with zero attached hydrogens (tertiary/aromatic N) is 8. The number of para-hydroxylation sites is 4. The van der Waals surface area contributed by atoms with Crippen molar-refractivity contribution in [2.45, 2.75) is 0 Å². The Morgan fingerprint density at radius 2 is 0.690 bits per heavy atom. The molecule has 12 nitrogen and oxygen atoms in total. The summed E-state index contributed by atoms with van der Waals surface area (Å²) in [5.74, 6) is 5.95. The smallest absolute Gasteiger partial charge is 0.239 e. The van der Waals surface area contributed by atoms with Crippen LogP contribution in [0, 0.1) is 0 Å². The molecule has 87 heavy (non-hydrogen) atoms. The van der Waals surface area contributed by atoms with Crippen LogP contribution in [0.5, 0.6) is 23.0 Å². The second-order valence-corrected chi connectivity index (χ2v) is 21.4. The molecule has 0 radical (unpaired) electrons. The molecule has 13 heteroatoms. The molecule has 0 spiro atoms. The molecular formula is C74H47ClN10O2. The summed E-state index contributed by atoms with van der Waals surface area (Å²) in [6.07, 6.45) is 0. The Labute approximate surface area is 505 Å². The number of halogens is 1. The molecule has 3 aliphatic heterocycles. The Morgan fingerprint density at radius 3 is 1.20 bits per heavy atom. The topological polar surface area (TPSA) is 140 Å². The first kappa shape index (κ1) is 51.0. The third kappa shape index (κ3) is 8.94. The number of hydrogen-bond acceptors (Lipinski definition) is 12. The highest BCUT2D eigenvalue weighted by Crippen LogP contribution is 2.59. The van der Waals surface area contributed by atoms with E-state index in [0.29, 0.717) is 57.4 Å². The van der Waals surface area contributed by atoms with Crippen LogP contribution in [-0.2, 0) is 0 Å². The molecular weight excluding hydrogens is 1100 g/mol. The molecule has 0 saturated heterocycles. The average molecular weight is 1140 g/mol. The van der Waals surface area contributed by atoms with E-state index >= 15 is 0 Å². The SMILES string of the molecule is Nc1ccccc1-c1cccc2ccc3c(c12)Oc1c(Cl)cccc1N3c1nc(-c2ccccc2)nc(-c2ccccc2)n1.c1ccc(-c2nc(-c3ccccc3)nc(N3c4cccc5c4Oc4c3ccc3cccc(c43)-c3ccccc3N5)n2)cc1. The highest BCUT2D eigenvalue weighted by atomic mass is 35.5. The first-order chi connectivity index (χ1) is 43.0. The van der Waals surface area contributed by atoms with Gasteiger partial charge in [0, 0.05) is 55.5 Å². The number of fused-ring (bicyclic) bond motifs is 6. The fourth-order valence-corrected chi connectivity index (χ4v) is 12.0. The third-order valence-electron chi connectivity index (χ3n) is 15.8. The van der Waals surface area contributed by atoms with E-state index in [1.54, 1.807) is 0 Å². The normalized spacial score (nSPS) is 12.2. The minimum Gasteiger partial charge on any atom is -0.451 e. The number of rotatable bonds is 7. The van der Waals surface area contributed by atoms with E-state index in [2.05, 4.69) is 89.1 Å². The molecule has 17 rings (SSSR count). The van der Waals surface area contributed by atoms with Gasteiger partial charge in [-0.25, -0.2) is 9.97 Å². The summed E-state index contributed by atoms with van der Waals surface area (Å²) in [7, 11) is 0. The van der Waals surface area contributed by atoms with Gasteiger partial charge in [-0.15, -0.1) is 0 Å². The maximum Gasteiger partial charge on any atom is 0.239 e. The number of benzene rings is 12. The quantitative estimate of drug-likeness (QED) is 0.147. The van der Waals surface area contributed by atoms with Gasteiger partial charge in [0.2, 0.25) is 11.9 Å². The van der Waals surface area contributed by atoms with Crippen LogP contribution in [0.2, 0.25) is 5.02 Å². The van der Waals surface area contributed by atoms with Crippen molar-refractivity contribution in [1.82, 2.24) is 29.9 Å². The standard InChI is InChI=1S/C37H24ClN5O.C37H23N5O/c38-28-18-10-20-30-33(28)44-34-31(22-21-23-15-9-17-27(32(23)34)26-16-7-8-19-29(26)39)43(30)37-41-35(24-11-3-1-4-12-24)40-36(42-37)25-13-5-2-6-14-25;1-3-11-24(12-4-1)35-39-36(25-13-5-2-6-14-25)41-37(40-35)42-30-20-10-19-29-33(30)43-34-31(42)22-21-23-15-9-17-27(32(23)34)26-16-7-8-18-28(26)38-29/h1-22H,39H2;1-22,38H. The Hall–Kier alpha value is -11.7. The highest BCUT2D eigenvalue weighted by molar-refractivity contribution is 6.33. The predicted molar refractivity (Wildman–Crippen MR) is 350 cm³/mol. The number of nitrogen functional groups attached to an aromatic ring is 1. The molecule has 12 aromatic carbocycles. The lowest BCUT2D eigenvalue weighted by Gasteiger charge is -2.33. The van der Waals surface area contributed by atoms with Crippen LogP contribution in [0.25, 0.3) is 89.4 Å². The lowest BCUT2D eigenvalue weighted by Crippen LogP contribution is -2.20. The van der Waals surface area contributed by atoms with Gasteiger partial charge in [-0.05, 0) is 70.4 Å². The van der Waals surface area contributed by atoms with E-state index in [9.17, 15) is 0 Å². The summed E-state index contributed by atoms with van der Waals surface area (Å²) in [4.78, 5) is 34.2. The fourth-order valence-electron chi connectivity index (χ4n) is 11.8. The van der Waals surface area contributed by atoms with E-state index in [0.717, 1.165) is 112 Å². The van der Waals surface area contributed by atoms with E-state index in [-0.39, 0.29) is 0 Å². The number of hydrogen-bond donors (Lipinski definition) is 2. The molecule has 0 atom stereocenters. The summed E-state index contributed by atoms with van der Waals surface area (Å²) < 4.78 is 13.6. The predicted octanol–water partition coefficient (Wildman–Crippen LogP) is 19.5. The van der Waals surface area contributed by atoms with E-state index in [1.807, 2.05) is 193 Å². The van der Waals surface area contributed by atoms with Crippen LogP contribution in [0.15, 0.2) is 267 Å². The molecule has 0 unspecified atom stereocenters. The minimum atomic E-state index is 0.446. The fraction of sp³-hybridized carbons (Fsp3) is 0.